The van der Waals surface area contributed by atoms with E-state index in [1.54, 1.807) is 0 Å². The van der Waals surface area contributed by atoms with Gasteiger partial charge >= 0.3 is 0 Å². The standard InChI is InChI=1S/C24H23ClO2/c25-21-15-13-19(14-16-21)23(18-11-12-18)17-26-24(20-7-3-1-4-8-20)27-22-9-5-2-6-10-22/h1-10,13-16,18,23-24H,11-12,17H2. The first-order valence-corrected chi connectivity index (χ1v) is 9.81. The lowest BCUT2D eigenvalue weighted by molar-refractivity contribution is -0.0898. The fraction of sp³-hybridized carbons (Fsp3) is 0.250. The van der Waals surface area contributed by atoms with Crippen LogP contribution in [0.4, 0.5) is 0 Å². The highest BCUT2D eigenvalue weighted by Crippen LogP contribution is 2.43. The Kier molecular flexibility index (Phi) is 5.76. The number of halogens is 1. The molecule has 2 atom stereocenters. The van der Waals surface area contributed by atoms with Crippen LogP contribution in [0.2, 0.25) is 5.02 Å². The van der Waals surface area contributed by atoms with Crippen molar-refractivity contribution in [1.29, 1.82) is 0 Å². The minimum atomic E-state index is -0.429. The van der Waals surface area contributed by atoms with Gasteiger partial charge in [0.25, 0.3) is 0 Å². The molecular weight excluding hydrogens is 356 g/mol. The van der Waals surface area contributed by atoms with Gasteiger partial charge in [0.1, 0.15) is 5.75 Å². The third-order valence-corrected chi connectivity index (χ3v) is 5.23. The van der Waals surface area contributed by atoms with E-state index in [0.29, 0.717) is 18.4 Å². The lowest BCUT2D eigenvalue weighted by atomic mass is 9.95. The molecule has 2 unspecified atom stereocenters. The number of para-hydroxylation sites is 1. The molecule has 0 spiro atoms. The Morgan fingerprint density at radius 1 is 0.778 bits per heavy atom. The lowest BCUT2D eigenvalue weighted by Crippen LogP contribution is -2.17. The van der Waals surface area contributed by atoms with Crippen molar-refractivity contribution < 1.29 is 9.47 Å². The normalized spacial score (nSPS) is 15.9. The molecule has 1 aliphatic carbocycles. The smallest absolute Gasteiger partial charge is 0.226 e. The zero-order valence-corrected chi connectivity index (χ0v) is 15.9. The molecule has 27 heavy (non-hydrogen) atoms. The van der Waals surface area contributed by atoms with Crippen molar-refractivity contribution in [2.75, 3.05) is 6.61 Å². The van der Waals surface area contributed by atoms with Crippen LogP contribution < -0.4 is 4.74 Å². The Balaban J connectivity index is 1.51. The third kappa shape index (κ3) is 4.91. The van der Waals surface area contributed by atoms with Gasteiger partial charge in [-0.2, -0.15) is 0 Å². The van der Waals surface area contributed by atoms with Crippen LogP contribution in [0.5, 0.6) is 5.75 Å². The van der Waals surface area contributed by atoms with Gasteiger partial charge in [0.05, 0.1) is 6.61 Å². The molecule has 3 heteroatoms. The molecule has 3 aromatic carbocycles. The van der Waals surface area contributed by atoms with Gasteiger partial charge in [-0.15, -0.1) is 0 Å². The molecule has 3 aromatic rings. The van der Waals surface area contributed by atoms with E-state index in [4.69, 9.17) is 21.1 Å². The zero-order valence-electron chi connectivity index (χ0n) is 15.1. The maximum absolute atomic E-state index is 6.33. The van der Waals surface area contributed by atoms with E-state index >= 15 is 0 Å². The van der Waals surface area contributed by atoms with Crippen molar-refractivity contribution in [3.8, 4) is 5.75 Å². The topological polar surface area (TPSA) is 18.5 Å². The Morgan fingerprint density at radius 2 is 1.41 bits per heavy atom. The number of benzene rings is 3. The number of hydrogen-bond donors (Lipinski definition) is 0. The summed E-state index contributed by atoms with van der Waals surface area (Å²) in [5.74, 6) is 1.85. The van der Waals surface area contributed by atoms with Gasteiger partial charge in [-0.3, -0.25) is 0 Å². The number of hydrogen-bond acceptors (Lipinski definition) is 2. The minimum absolute atomic E-state index is 0.368. The SMILES string of the molecule is Clc1ccc(C(COC(Oc2ccccc2)c2ccccc2)C2CC2)cc1. The Labute approximate surface area is 165 Å². The number of ether oxygens (including phenoxy) is 2. The summed E-state index contributed by atoms with van der Waals surface area (Å²) >= 11 is 6.06. The van der Waals surface area contributed by atoms with Crippen molar-refractivity contribution in [3.05, 3.63) is 101 Å². The van der Waals surface area contributed by atoms with Gasteiger partial charge in [0, 0.05) is 16.5 Å². The first-order chi connectivity index (χ1) is 13.3. The maximum atomic E-state index is 6.33. The number of rotatable bonds is 8. The molecule has 0 aromatic heterocycles. The minimum Gasteiger partial charge on any atom is -0.461 e. The van der Waals surface area contributed by atoms with Crippen LogP contribution >= 0.6 is 11.6 Å². The van der Waals surface area contributed by atoms with Crippen LogP contribution in [-0.2, 0) is 4.74 Å². The molecule has 1 saturated carbocycles. The summed E-state index contributed by atoms with van der Waals surface area (Å²) in [5, 5.41) is 0.767. The third-order valence-electron chi connectivity index (χ3n) is 4.97. The molecule has 2 nitrogen and oxygen atoms in total. The highest BCUT2D eigenvalue weighted by Gasteiger charge is 2.33. The summed E-state index contributed by atoms with van der Waals surface area (Å²) < 4.78 is 12.5. The quantitative estimate of drug-likeness (QED) is 0.409. The van der Waals surface area contributed by atoms with Crippen LogP contribution in [0.1, 0.15) is 36.2 Å². The van der Waals surface area contributed by atoms with Gasteiger partial charge in [0.2, 0.25) is 6.29 Å². The van der Waals surface area contributed by atoms with Gasteiger partial charge in [-0.1, -0.05) is 72.3 Å². The molecule has 0 saturated heterocycles. The van der Waals surface area contributed by atoms with Crippen molar-refractivity contribution in [1.82, 2.24) is 0 Å². The highest BCUT2D eigenvalue weighted by atomic mass is 35.5. The molecule has 0 N–H and O–H groups in total. The van der Waals surface area contributed by atoms with Crippen LogP contribution in [0.15, 0.2) is 84.9 Å². The van der Waals surface area contributed by atoms with Crippen LogP contribution in [0, 0.1) is 5.92 Å². The van der Waals surface area contributed by atoms with Crippen molar-refractivity contribution in [2.24, 2.45) is 5.92 Å². The van der Waals surface area contributed by atoms with Gasteiger partial charge in [-0.05, 0) is 48.6 Å². The molecule has 4 rings (SSSR count). The average Bonchev–Trinajstić information content (AvgIpc) is 3.55. The molecule has 0 radical (unpaired) electrons. The summed E-state index contributed by atoms with van der Waals surface area (Å²) in [5.41, 5.74) is 2.31. The van der Waals surface area contributed by atoms with E-state index in [0.717, 1.165) is 16.3 Å². The summed E-state index contributed by atoms with van der Waals surface area (Å²) in [6.45, 7) is 0.624. The van der Waals surface area contributed by atoms with E-state index in [1.807, 2.05) is 72.8 Å². The van der Waals surface area contributed by atoms with Crippen molar-refractivity contribution in [2.45, 2.75) is 25.0 Å². The van der Waals surface area contributed by atoms with Crippen LogP contribution in [0.25, 0.3) is 0 Å². The largest absolute Gasteiger partial charge is 0.461 e. The zero-order chi connectivity index (χ0) is 18.5. The molecular formula is C24H23ClO2. The summed E-state index contributed by atoms with van der Waals surface area (Å²) in [7, 11) is 0. The second-order valence-corrected chi connectivity index (χ2v) is 7.44. The molecule has 138 valence electrons. The molecule has 0 aliphatic heterocycles. The molecule has 1 aliphatic rings. The first-order valence-electron chi connectivity index (χ1n) is 9.43. The van der Waals surface area contributed by atoms with Crippen molar-refractivity contribution in [3.63, 3.8) is 0 Å². The highest BCUT2D eigenvalue weighted by molar-refractivity contribution is 6.30. The van der Waals surface area contributed by atoms with E-state index in [9.17, 15) is 0 Å². The lowest BCUT2D eigenvalue weighted by Gasteiger charge is -2.24. The van der Waals surface area contributed by atoms with E-state index < -0.39 is 6.29 Å². The van der Waals surface area contributed by atoms with Gasteiger partial charge in [0.15, 0.2) is 0 Å². The van der Waals surface area contributed by atoms with E-state index in [1.165, 1.54) is 18.4 Å². The van der Waals surface area contributed by atoms with Gasteiger partial charge < -0.3 is 9.47 Å². The average molecular weight is 379 g/mol. The van der Waals surface area contributed by atoms with Crippen LogP contribution in [0.3, 0.4) is 0 Å². The molecule has 0 amide bonds. The second kappa shape index (κ2) is 8.60. The van der Waals surface area contributed by atoms with Gasteiger partial charge in [-0.25, -0.2) is 0 Å². The fourth-order valence-electron chi connectivity index (χ4n) is 3.34. The van der Waals surface area contributed by atoms with E-state index in [-0.39, 0.29) is 0 Å². The van der Waals surface area contributed by atoms with Crippen molar-refractivity contribution >= 4 is 11.6 Å². The predicted octanol–water partition coefficient (Wildman–Crippen LogP) is 6.63. The Morgan fingerprint density at radius 3 is 2.04 bits per heavy atom. The predicted molar refractivity (Wildman–Crippen MR) is 109 cm³/mol. The first kappa shape index (κ1) is 18.1. The second-order valence-electron chi connectivity index (χ2n) is 7.00. The Bertz CT molecular complexity index is 829. The summed E-state index contributed by atoms with van der Waals surface area (Å²) in [6.07, 6.45) is 2.08. The molecule has 0 bridgehead atoms. The maximum Gasteiger partial charge on any atom is 0.226 e. The summed E-state index contributed by atoms with van der Waals surface area (Å²) in [4.78, 5) is 0. The molecule has 0 heterocycles. The molecule has 1 fully saturated rings. The fourth-order valence-corrected chi connectivity index (χ4v) is 3.46. The van der Waals surface area contributed by atoms with E-state index in [2.05, 4.69) is 12.1 Å². The van der Waals surface area contributed by atoms with Crippen LogP contribution in [-0.4, -0.2) is 6.61 Å². The Hall–Kier alpha value is -2.29. The monoisotopic (exact) mass is 378 g/mol. The summed E-state index contributed by atoms with van der Waals surface area (Å²) in [6, 6.07) is 28.1.